The van der Waals surface area contributed by atoms with Crippen LogP contribution in [0.4, 0.5) is 0 Å². The Morgan fingerprint density at radius 1 is 0.697 bits per heavy atom. The van der Waals surface area contributed by atoms with Crippen LogP contribution in [0.2, 0.25) is 0 Å². The first-order valence-electron chi connectivity index (χ1n) is 11.1. The van der Waals surface area contributed by atoms with Crippen molar-refractivity contribution in [3.05, 3.63) is 97.1 Å². The van der Waals surface area contributed by atoms with E-state index < -0.39 is 18.3 Å². The Kier molecular flexibility index (Phi) is 6.38. The summed E-state index contributed by atoms with van der Waals surface area (Å²) in [7, 11) is -1.32. The lowest BCUT2D eigenvalue weighted by Crippen LogP contribution is -2.49. The summed E-state index contributed by atoms with van der Waals surface area (Å²) in [6, 6.07) is 31.4. The Morgan fingerprint density at radius 3 is 1.76 bits per heavy atom. The van der Waals surface area contributed by atoms with E-state index in [-0.39, 0.29) is 0 Å². The molecule has 0 heterocycles. The van der Waals surface area contributed by atoms with Crippen molar-refractivity contribution in [3.8, 4) is 0 Å². The van der Waals surface area contributed by atoms with Crippen LogP contribution in [0.15, 0.2) is 97.1 Å². The van der Waals surface area contributed by atoms with Gasteiger partial charge in [0.2, 0.25) is 0 Å². The lowest BCUT2D eigenvalue weighted by molar-refractivity contribution is -0.0893. The van der Waals surface area contributed by atoms with Crippen LogP contribution >= 0.6 is 7.14 Å². The second-order valence-corrected chi connectivity index (χ2v) is 12.1. The SMILES string of the molecule is CC(C)(O)C(C)(C)O[B]c1ccc2cc(P(=O)(c3ccccc3)c3ccccc3)ccc2c1. The molecule has 0 aliphatic heterocycles. The first-order valence-corrected chi connectivity index (χ1v) is 12.8. The number of hydrogen-bond acceptors (Lipinski definition) is 3. The molecule has 4 aromatic rings. The first-order chi connectivity index (χ1) is 15.6. The van der Waals surface area contributed by atoms with Crippen LogP contribution in [0.3, 0.4) is 0 Å². The van der Waals surface area contributed by atoms with E-state index in [1.54, 1.807) is 21.3 Å². The minimum absolute atomic E-state index is 0.732. The molecule has 0 fully saturated rings. The molecule has 0 bridgehead atoms. The molecule has 0 saturated carbocycles. The van der Waals surface area contributed by atoms with Crippen molar-refractivity contribution in [2.24, 2.45) is 0 Å². The summed E-state index contributed by atoms with van der Waals surface area (Å²) < 4.78 is 20.5. The molecule has 1 N–H and O–H groups in total. The highest BCUT2D eigenvalue weighted by molar-refractivity contribution is 7.85. The van der Waals surface area contributed by atoms with Gasteiger partial charge in [0.05, 0.1) is 11.2 Å². The maximum Gasteiger partial charge on any atom is 0.330 e. The zero-order chi connectivity index (χ0) is 23.7. The molecule has 33 heavy (non-hydrogen) atoms. The van der Waals surface area contributed by atoms with Crippen molar-refractivity contribution in [1.82, 2.24) is 0 Å². The maximum absolute atomic E-state index is 14.6. The highest BCUT2D eigenvalue weighted by atomic mass is 31.2. The fraction of sp³-hybridized carbons (Fsp3) is 0.214. The monoisotopic (exact) mass is 455 g/mol. The van der Waals surface area contributed by atoms with Crippen LogP contribution in [0, 0.1) is 0 Å². The highest BCUT2D eigenvalue weighted by Gasteiger charge is 2.35. The molecule has 1 radical (unpaired) electrons. The third kappa shape index (κ3) is 4.70. The van der Waals surface area contributed by atoms with Gasteiger partial charge in [0.1, 0.15) is 0 Å². The topological polar surface area (TPSA) is 46.5 Å². The predicted molar refractivity (Wildman–Crippen MR) is 140 cm³/mol. The Labute approximate surface area is 197 Å². The summed E-state index contributed by atoms with van der Waals surface area (Å²) >= 11 is 0. The van der Waals surface area contributed by atoms with Crippen LogP contribution in [0.5, 0.6) is 0 Å². The molecule has 4 aromatic carbocycles. The van der Waals surface area contributed by atoms with Gasteiger partial charge in [-0.05, 0) is 44.5 Å². The van der Waals surface area contributed by atoms with Crippen LogP contribution in [0.25, 0.3) is 10.8 Å². The number of benzene rings is 4. The molecular weight excluding hydrogens is 426 g/mol. The third-order valence-electron chi connectivity index (χ3n) is 6.41. The predicted octanol–water partition coefficient (Wildman–Crippen LogP) is 4.29. The molecule has 4 rings (SSSR count). The van der Waals surface area contributed by atoms with Gasteiger partial charge in [0, 0.05) is 15.9 Å². The summed E-state index contributed by atoms with van der Waals surface area (Å²) in [5, 5.41) is 14.8. The van der Waals surface area contributed by atoms with Gasteiger partial charge in [-0.15, -0.1) is 0 Å². The van der Waals surface area contributed by atoms with Crippen LogP contribution in [-0.4, -0.2) is 23.8 Å². The van der Waals surface area contributed by atoms with Gasteiger partial charge in [0.25, 0.3) is 0 Å². The van der Waals surface area contributed by atoms with Gasteiger partial charge in [-0.1, -0.05) is 96.5 Å². The summed E-state index contributed by atoms with van der Waals surface area (Å²) in [5.41, 5.74) is -0.809. The fourth-order valence-corrected chi connectivity index (χ4v) is 6.29. The van der Waals surface area contributed by atoms with E-state index in [0.717, 1.165) is 32.1 Å². The highest BCUT2D eigenvalue weighted by Crippen LogP contribution is 2.42. The Bertz CT molecular complexity index is 1250. The molecule has 0 spiro atoms. The van der Waals surface area contributed by atoms with Crippen molar-refractivity contribution in [1.29, 1.82) is 0 Å². The summed E-state index contributed by atoms with van der Waals surface area (Å²) in [6.07, 6.45) is 0. The average Bonchev–Trinajstić information content (AvgIpc) is 2.82. The Hall–Kier alpha value is -2.65. The standard InChI is InChI=1S/C28H29BO3P/c1-27(2,30)28(3,4)32-29-23-17-15-22-20-26(18-16-21(22)19-23)33(31,24-11-7-5-8-12-24)25-13-9-6-10-14-25/h5-20,30H,1-4H3. The van der Waals surface area contributed by atoms with Crippen molar-refractivity contribution >= 4 is 46.8 Å². The maximum atomic E-state index is 14.6. The van der Waals surface area contributed by atoms with E-state index in [1.807, 2.05) is 111 Å². The van der Waals surface area contributed by atoms with E-state index in [4.69, 9.17) is 4.65 Å². The normalized spacial score (nSPS) is 12.6. The van der Waals surface area contributed by atoms with Gasteiger partial charge in [-0.25, -0.2) is 0 Å². The molecule has 0 aliphatic rings. The van der Waals surface area contributed by atoms with Crippen molar-refractivity contribution in [2.75, 3.05) is 0 Å². The summed E-state index contributed by atoms with van der Waals surface area (Å²) in [6.45, 7) is 7.20. The van der Waals surface area contributed by atoms with Crippen molar-refractivity contribution in [2.45, 2.75) is 38.9 Å². The molecule has 167 valence electrons. The van der Waals surface area contributed by atoms with E-state index in [1.165, 1.54) is 0 Å². The van der Waals surface area contributed by atoms with E-state index in [0.29, 0.717) is 0 Å². The lowest BCUT2D eigenvalue weighted by atomic mass is 9.82. The fourth-order valence-electron chi connectivity index (χ4n) is 3.60. The van der Waals surface area contributed by atoms with Gasteiger partial charge in [0.15, 0.2) is 7.14 Å². The largest absolute Gasteiger partial charge is 0.427 e. The first kappa shape index (κ1) is 23.5. The molecule has 0 unspecified atom stereocenters. The average molecular weight is 455 g/mol. The molecule has 3 nitrogen and oxygen atoms in total. The zero-order valence-corrected chi connectivity index (χ0v) is 20.4. The third-order valence-corrected chi connectivity index (χ3v) is 9.47. The van der Waals surface area contributed by atoms with E-state index in [2.05, 4.69) is 0 Å². The number of hydrogen-bond donors (Lipinski definition) is 1. The van der Waals surface area contributed by atoms with Crippen molar-refractivity contribution < 1.29 is 14.3 Å². The van der Waals surface area contributed by atoms with Gasteiger partial charge >= 0.3 is 7.48 Å². The number of rotatable bonds is 7. The van der Waals surface area contributed by atoms with Gasteiger partial charge in [-0.2, -0.15) is 0 Å². The second kappa shape index (κ2) is 8.95. The van der Waals surface area contributed by atoms with Gasteiger partial charge in [-0.3, -0.25) is 0 Å². The quantitative estimate of drug-likeness (QED) is 0.334. The van der Waals surface area contributed by atoms with Crippen LogP contribution < -0.4 is 21.4 Å². The molecule has 5 heteroatoms. The van der Waals surface area contributed by atoms with Gasteiger partial charge < -0.3 is 14.3 Å². The molecule has 0 amide bonds. The minimum atomic E-state index is -3.01. The Balaban J connectivity index is 1.71. The van der Waals surface area contributed by atoms with Crippen LogP contribution in [-0.2, 0) is 9.22 Å². The number of aliphatic hydroxyl groups is 1. The molecular formula is C28H29BO3P. The molecule has 0 aliphatic carbocycles. The second-order valence-electron chi connectivity index (χ2n) is 9.38. The van der Waals surface area contributed by atoms with E-state index >= 15 is 0 Å². The minimum Gasteiger partial charge on any atom is -0.427 e. The Morgan fingerprint density at radius 2 is 1.21 bits per heavy atom. The zero-order valence-electron chi connectivity index (χ0n) is 19.5. The van der Waals surface area contributed by atoms with Crippen molar-refractivity contribution in [3.63, 3.8) is 0 Å². The summed E-state index contributed by atoms with van der Waals surface area (Å²) in [5.74, 6) is 0. The molecule has 0 aromatic heterocycles. The molecule has 0 atom stereocenters. The van der Waals surface area contributed by atoms with Crippen LogP contribution in [0.1, 0.15) is 27.7 Å². The molecule has 0 saturated heterocycles. The lowest BCUT2D eigenvalue weighted by Gasteiger charge is -2.37. The summed E-state index contributed by atoms with van der Waals surface area (Å²) in [4.78, 5) is 0. The number of fused-ring (bicyclic) bond motifs is 1. The smallest absolute Gasteiger partial charge is 0.330 e. The van der Waals surface area contributed by atoms with E-state index in [9.17, 15) is 9.67 Å².